The molecular formula is C11H16N2O2. The first kappa shape index (κ1) is 11.7. The lowest BCUT2D eigenvalue weighted by atomic mass is 10.0. The highest BCUT2D eigenvalue weighted by molar-refractivity contribution is 5.80. The number of aliphatic hydroxyl groups excluding tert-OH is 1. The first-order valence-electron chi connectivity index (χ1n) is 4.84. The van der Waals surface area contributed by atoms with Crippen molar-refractivity contribution in [2.24, 2.45) is 5.73 Å². The maximum absolute atomic E-state index is 11.1. The van der Waals surface area contributed by atoms with Crippen LogP contribution in [0.25, 0.3) is 0 Å². The van der Waals surface area contributed by atoms with Crippen LogP contribution in [0.5, 0.6) is 0 Å². The van der Waals surface area contributed by atoms with Gasteiger partial charge in [-0.15, -0.1) is 0 Å². The molecule has 4 heteroatoms. The Hall–Kier alpha value is -1.39. The van der Waals surface area contributed by atoms with E-state index in [4.69, 9.17) is 5.73 Å². The van der Waals surface area contributed by atoms with E-state index in [2.05, 4.69) is 5.32 Å². The zero-order valence-electron chi connectivity index (χ0n) is 8.68. The first-order chi connectivity index (χ1) is 7.15. The van der Waals surface area contributed by atoms with Gasteiger partial charge in [0.1, 0.15) is 6.10 Å². The summed E-state index contributed by atoms with van der Waals surface area (Å²) < 4.78 is 0. The van der Waals surface area contributed by atoms with Crippen molar-refractivity contribution in [3.8, 4) is 0 Å². The summed E-state index contributed by atoms with van der Waals surface area (Å²) in [5.74, 6) is -0.446. The molecule has 1 rings (SSSR count). The Morgan fingerprint density at radius 1 is 1.47 bits per heavy atom. The van der Waals surface area contributed by atoms with Gasteiger partial charge in [0, 0.05) is 13.1 Å². The number of nitrogens with two attached hydrogens (primary N) is 1. The third-order valence-electron chi connectivity index (χ3n) is 2.23. The van der Waals surface area contributed by atoms with Crippen LogP contribution in [0, 0.1) is 0 Å². The molecule has 0 fully saturated rings. The third kappa shape index (κ3) is 3.34. The quantitative estimate of drug-likeness (QED) is 0.634. The molecule has 1 amide bonds. The number of carbonyl (C=O) groups excluding carboxylic acids is 1. The second kappa shape index (κ2) is 5.48. The van der Waals surface area contributed by atoms with E-state index in [-0.39, 0.29) is 0 Å². The molecule has 0 aliphatic carbocycles. The van der Waals surface area contributed by atoms with Crippen molar-refractivity contribution in [3.05, 3.63) is 35.9 Å². The summed E-state index contributed by atoms with van der Waals surface area (Å²) in [5, 5.41) is 11.9. The number of amides is 1. The maximum atomic E-state index is 11.1. The summed E-state index contributed by atoms with van der Waals surface area (Å²) in [5.41, 5.74) is 6.72. The van der Waals surface area contributed by atoms with Crippen LogP contribution in [0.2, 0.25) is 0 Å². The topological polar surface area (TPSA) is 75.3 Å². The molecule has 0 bridgehead atoms. The van der Waals surface area contributed by atoms with Crippen LogP contribution in [-0.4, -0.2) is 30.2 Å². The Morgan fingerprint density at radius 2 is 2.07 bits per heavy atom. The number of rotatable bonds is 4. The summed E-state index contributed by atoms with van der Waals surface area (Å²) in [7, 11) is 1.47. The average molecular weight is 208 g/mol. The number of carbonyl (C=O) groups is 1. The van der Waals surface area contributed by atoms with Crippen molar-refractivity contribution < 1.29 is 9.90 Å². The highest BCUT2D eigenvalue weighted by atomic mass is 16.3. The lowest BCUT2D eigenvalue weighted by molar-refractivity contribution is -0.129. The van der Waals surface area contributed by atoms with Crippen LogP contribution >= 0.6 is 0 Å². The highest BCUT2D eigenvalue weighted by Gasteiger charge is 2.21. The minimum absolute atomic E-state index is 0.446. The Balaban J connectivity index is 2.56. The van der Waals surface area contributed by atoms with Gasteiger partial charge in [0.2, 0.25) is 5.91 Å². The standard InChI is InChI=1S/C11H16N2O2/c1-13-11(15)10(14)9(12)7-8-5-3-2-4-6-8/h2-6,9-10,14H,7,12H2,1H3,(H,13,15)/t9-,10+/m0/s1. The molecule has 4 nitrogen and oxygen atoms in total. The van der Waals surface area contributed by atoms with E-state index in [1.165, 1.54) is 7.05 Å². The number of likely N-dealkylation sites (N-methyl/N-ethyl adjacent to an activating group) is 1. The minimum Gasteiger partial charge on any atom is -0.382 e. The molecule has 0 aliphatic heterocycles. The summed E-state index contributed by atoms with van der Waals surface area (Å²) in [6.45, 7) is 0. The largest absolute Gasteiger partial charge is 0.382 e. The molecule has 0 saturated heterocycles. The van der Waals surface area contributed by atoms with E-state index in [9.17, 15) is 9.90 Å². The lowest BCUT2D eigenvalue weighted by Gasteiger charge is -2.17. The second-order valence-electron chi connectivity index (χ2n) is 3.41. The summed E-state index contributed by atoms with van der Waals surface area (Å²) >= 11 is 0. The van der Waals surface area contributed by atoms with Gasteiger partial charge in [0.05, 0.1) is 0 Å². The zero-order chi connectivity index (χ0) is 11.3. The molecule has 0 heterocycles. The fourth-order valence-electron chi connectivity index (χ4n) is 1.34. The van der Waals surface area contributed by atoms with Gasteiger partial charge in [-0.25, -0.2) is 0 Å². The Bertz CT molecular complexity index is 314. The minimum atomic E-state index is -1.16. The Kier molecular flexibility index (Phi) is 4.27. The molecule has 1 aromatic rings. The van der Waals surface area contributed by atoms with Crippen molar-refractivity contribution in [1.82, 2.24) is 5.32 Å². The number of nitrogens with one attached hydrogen (secondary N) is 1. The molecule has 82 valence electrons. The molecule has 15 heavy (non-hydrogen) atoms. The lowest BCUT2D eigenvalue weighted by Crippen LogP contribution is -2.46. The van der Waals surface area contributed by atoms with Gasteiger partial charge in [-0.05, 0) is 12.0 Å². The number of aliphatic hydroxyl groups is 1. The van der Waals surface area contributed by atoms with E-state index < -0.39 is 18.1 Å². The molecule has 0 unspecified atom stereocenters. The monoisotopic (exact) mass is 208 g/mol. The molecule has 0 aliphatic rings. The summed E-state index contributed by atoms with van der Waals surface area (Å²) in [6.07, 6.45) is -0.676. The van der Waals surface area contributed by atoms with Crippen molar-refractivity contribution in [2.45, 2.75) is 18.6 Å². The molecule has 0 aromatic heterocycles. The van der Waals surface area contributed by atoms with E-state index >= 15 is 0 Å². The second-order valence-corrected chi connectivity index (χ2v) is 3.41. The fraction of sp³-hybridized carbons (Fsp3) is 0.364. The van der Waals surface area contributed by atoms with Crippen molar-refractivity contribution >= 4 is 5.91 Å². The van der Waals surface area contributed by atoms with Crippen LogP contribution in [0.4, 0.5) is 0 Å². The van der Waals surface area contributed by atoms with Crippen molar-refractivity contribution in [2.75, 3.05) is 7.05 Å². The van der Waals surface area contributed by atoms with Gasteiger partial charge in [-0.2, -0.15) is 0 Å². The van der Waals surface area contributed by atoms with Crippen LogP contribution in [0.1, 0.15) is 5.56 Å². The Morgan fingerprint density at radius 3 is 2.60 bits per heavy atom. The average Bonchev–Trinajstić information content (AvgIpc) is 2.28. The van der Waals surface area contributed by atoms with E-state index in [1.807, 2.05) is 30.3 Å². The van der Waals surface area contributed by atoms with E-state index in [0.29, 0.717) is 6.42 Å². The SMILES string of the molecule is CNC(=O)[C@H](O)[C@@H](N)Cc1ccccc1. The smallest absolute Gasteiger partial charge is 0.250 e. The van der Waals surface area contributed by atoms with Gasteiger partial charge in [-0.3, -0.25) is 4.79 Å². The van der Waals surface area contributed by atoms with Crippen LogP contribution in [-0.2, 0) is 11.2 Å². The van der Waals surface area contributed by atoms with Gasteiger partial charge in [0.25, 0.3) is 0 Å². The van der Waals surface area contributed by atoms with Gasteiger partial charge in [-0.1, -0.05) is 30.3 Å². The first-order valence-corrected chi connectivity index (χ1v) is 4.84. The molecule has 0 spiro atoms. The molecular weight excluding hydrogens is 192 g/mol. The number of benzene rings is 1. The van der Waals surface area contributed by atoms with Crippen LogP contribution < -0.4 is 11.1 Å². The predicted octanol–water partition coefficient (Wildman–Crippen LogP) is -0.337. The summed E-state index contributed by atoms with van der Waals surface area (Å²) in [4.78, 5) is 11.1. The third-order valence-corrected chi connectivity index (χ3v) is 2.23. The molecule has 1 aromatic carbocycles. The Labute approximate surface area is 89.1 Å². The van der Waals surface area contributed by atoms with Crippen LogP contribution in [0.15, 0.2) is 30.3 Å². The molecule has 0 saturated carbocycles. The van der Waals surface area contributed by atoms with Crippen molar-refractivity contribution in [1.29, 1.82) is 0 Å². The normalized spacial score (nSPS) is 14.3. The predicted molar refractivity (Wildman–Crippen MR) is 58.2 cm³/mol. The zero-order valence-corrected chi connectivity index (χ0v) is 8.68. The fourth-order valence-corrected chi connectivity index (χ4v) is 1.34. The van der Waals surface area contributed by atoms with E-state index in [1.54, 1.807) is 0 Å². The molecule has 0 radical (unpaired) electrons. The molecule has 4 N–H and O–H groups in total. The van der Waals surface area contributed by atoms with Crippen molar-refractivity contribution in [3.63, 3.8) is 0 Å². The number of hydrogen-bond acceptors (Lipinski definition) is 3. The van der Waals surface area contributed by atoms with Crippen LogP contribution in [0.3, 0.4) is 0 Å². The molecule has 2 atom stereocenters. The maximum Gasteiger partial charge on any atom is 0.250 e. The van der Waals surface area contributed by atoms with E-state index in [0.717, 1.165) is 5.56 Å². The van der Waals surface area contributed by atoms with Gasteiger partial charge >= 0.3 is 0 Å². The summed E-state index contributed by atoms with van der Waals surface area (Å²) in [6, 6.07) is 8.95. The number of hydrogen-bond donors (Lipinski definition) is 3. The highest BCUT2D eigenvalue weighted by Crippen LogP contribution is 2.04. The van der Waals surface area contributed by atoms with Gasteiger partial charge in [0.15, 0.2) is 0 Å². The van der Waals surface area contributed by atoms with Gasteiger partial charge < -0.3 is 16.2 Å².